The van der Waals surface area contributed by atoms with Gasteiger partial charge in [0.2, 0.25) is 12.1 Å². The molecule has 0 amide bonds. The molecule has 5 nitrogen and oxygen atoms in total. The molecule has 0 unspecified atom stereocenters. The maximum atomic E-state index is 8.10. The van der Waals surface area contributed by atoms with Crippen LogP contribution in [0, 0.1) is 41.8 Å². The number of furan rings is 1. The van der Waals surface area contributed by atoms with Crippen LogP contribution in [0.3, 0.4) is 0 Å². The van der Waals surface area contributed by atoms with Crippen molar-refractivity contribution in [1.29, 1.82) is 0 Å². The zero-order valence-electron chi connectivity index (χ0n) is 14.2. The van der Waals surface area contributed by atoms with E-state index in [2.05, 4.69) is 45.3 Å². The van der Waals surface area contributed by atoms with Crippen LogP contribution in [-0.2, 0) is 10.9 Å². The molecule has 0 radical (unpaired) electrons. The van der Waals surface area contributed by atoms with E-state index < -0.39 is 0 Å². The van der Waals surface area contributed by atoms with Crippen LogP contribution >= 0.6 is 12.0 Å². The zero-order valence-corrected chi connectivity index (χ0v) is 15.0. The molecule has 0 saturated carbocycles. The minimum absolute atomic E-state index is 0.441. The standard InChI is InChI=1S/C21H11NO4S/c1-15-22(11-7-3-2-4-8-12-27-26-23)18-13-17-16-9-5-6-10-19(16)25-20(17)14-21(18)24-15/h5-6,9-10,13-14H,11H2,1H3/p+1. The molecule has 0 saturated heterocycles. The summed E-state index contributed by atoms with van der Waals surface area (Å²) >= 11 is 0.595. The van der Waals surface area contributed by atoms with Crippen LogP contribution in [0.25, 0.3) is 33.0 Å². The third-order valence-electron chi connectivity index (χ3n) is 4.03. The van der Waals surface area contributed by atoms with Crippen LogP contribution in [0.1, 0.15) is 5.89 Å². The zero-order chi connectivity index (χ0) is 18.6. The van der Waals surface area contributed by atoms with E-state index in [-0.39, 0.29) is 0 Å². The molecule has 0 atom stereocenters. The van der Waals surface area contributed by atoms with E-state index in [4.69, 9.17) is 14.1 Å². The first-order valence-electron chi connectivity index (χ1n) is 7.97. The molecule has 4 rings (SSSR count). The quantitative estimate of drug-likeness (QED) is 0.189. The van der Waals surface area contributed by atoms with E-state index in [0.717, 1.165) is 38.9 Å². The molecule has 0 bridgehead atoms. The highest BCUT2D eigenvalue weighted by Crippen LogP contribution is 2.31. The Balaban J connectivity index is 1.70. The Morgan fingerprint density at radius 2 is 1.85 bits per heavy atom. The Labute approximate surface area is 159 Å². The van der Waals surface area contributed by atoms with Gasteiger partial charge in [-0.3, -0.25) is 0 Å². The Bertz CT molecular complexity index is 1350. The molecule has 130 valence electrons. The number of hydrogen-bond donors (Lipinski definition) is 1. The van der Waals surface area contributed by atoms with Crippen molar-refractivity contribution < 1.29 is 23.0 Å². The maximum Gasteiger partial charge on any atom is 0.345 e. The van der Waals surface area contributed by atoms with E-state index in [0.29, 0.717) is 18.6 Å². The second-order valence-corrected chi connectivity index (χ2v) is 6.08. The molecule has 2 heterocycles. The van der Waals surface area contributed by atoms with E-state index in [9.17, 15) is 0 Å². The van der Waals surface area contributed by atoms with E-state index in [1.54, 1.807) is 0 Å². The molecule has 0 spiro atoms. The summed E-state index contributed by atoms with van der Waals surface area (Å²) < 4.78 is 17.5. The molecule has 2 aromatic heterocycles. The lowest BCUT2D eigenvalue weighted by Gasteiger charge is -1.89. The summed E-state index contributed by atoms with van der Waals surface area (Å²) in [5, 5.41) is 12.6. The Kier molecular flexibility index (Phi) is 4.75. The minimum atomic E-state index is 0.441. The summed E-state index contributed by atoms with van der Waals surface area (Å²) in [6.45, 7) is 2.33. The molecule has 0 aliphatic heterocycles. The van der Waals surface area contributed by atoms with Crippen LogP contribution < -0.4 is 4.57 Å². The average Bonchev–Trinajstić information content (AvgIpc) is 3.18. The molecule has 2 aromatic carbocycles. The summed E-state index contributed by atoms with van der Waals surface area (Å²) in [5.41, 5.74) is 3.35. The summed E-state index contributed by atoms with van der Waals surface area (Å²) in [7, 11) is 0. The van der Waals surface area contributed by atoms with Gasteiger partial charge in [0, 0.05) is 34.1 Å². The Morgan fingerprint density at radius 1 is 1.00 bits per heavy atom. The molecule has 27 heavy (non-hydrogen) atoms. The van der Waals surface area contributed by atoms with Crippen molar-refractivity contribution in [3.8, 4) is 34.9 Å². The fraction of sp³-hybridized carbons (Fsp3) is 0.0952. The molecule has 1 N–H and O–H groups in total. The summed E-state index contributed by atoms with van der Waals surface area (Å²) in [4.78, 5) is 0. The van der Waals surface area contributed by atoms with Crippen molar-refractivity contribution in [3.05, 3.63) is 42.3 Å². The monoisotopic (exact) mass is 374 g/mol. The second-order valence-electron chi connectivity index (χ2n) is 5.56. The number of aryl methyl sites for hydroxylation is 1. The van der Waals surface area contributed by atoms with Gasteiger partial charge in [-0.1, -0.05) is 18.2 Å². The Hall–Kier alpha value is -3.34. The van der Waals surface area contributed by atoms with Gasteiger partial charge in [-0.15, -0.1) is 4.57 Å². The summed E-state index contributed by atoms with van der Waals surface area (Å²) in [6.07, 6.45) is 0. The highest BCUT2D eigenvalue weighted by atomic mass is 32.2. The first-order valence-corrected chi connectivity index (χ1v) is 8.71. The van der Waals surface area contributed by atoms with E-state index in [1.807, 2.05) is 41.8 Å². The topological polar surface area (TPSA) is 59.6 Å². The fourth-order valence-corrected chi connectivity index (χ4v) is 3.03. The van der Waals surface area contributed by atoms with Crippen molar-refractivity contribution in [2.24, 2.45) is 0 Å². The van der Waals surface area contributed by atoms with Crippen molar-refractivity contribution in [2.75, 3.05) is 0 Å². The van der Waals surface area contributed by atoms with Gasteiger partial charge in [0.1, 0.15) is 23.2 Å². The number of fused-ring (bicyclic) bond motifs is 4. The summed E-state index contributed by atoms with van der Waals surface area (Å²) in [6, 6.07) is 11.9. The largest absolute Gasteiger partial charge is 0.456 e. The van der Waals surface area contributed by atoms with Crippen LogP contribution in [0.15, 0.2) is 45.2 Å². The third kappa shape index (κ3) is 3.36. The number of rotatable bonds is 2. The summed E-state index contributed by atoms with van der Waals surface area (Å²) in [5.74, 6) is 14.2. The minimum Gasteiger partial charge on any atom is -0.456 e. The number of aromatic nitrogens is 1. The van der Waals surface area contributed by atoms with Gasteiger partial charge in [0.05, 0.1) is 6.92 Å². The van der Waals surface area contributed by atoms with Crippen molar-refractivity contribution in [3.63, 3.8) is 0 Å². The lowest BCUT2D eigenvalue weighted by atomic mass is 10.1. The van der Waals surface area contributed by atoms with Gasteiger partial charge in [-0.2, -0.15) is 4.33 Å². The second kappa shape index (κ2) is 7.50. The average molecular weight is 374 g/mol. The van der Waals surface area contributed by atoms with Gasteiger partial charge >= 0.3 is 5.89 Å². The third-order valence-corrected chi connectivity index (χ3v) is 4.29. The van der Waals surface area contributed by atoms with Crippen molar-refractivity contribution in [1.82, 2.24) is 0 Å². The molecule has 0 aliphatic rings. The molecule has 6 heteroatoms. The highest BCUT2D eigenvalue weighted by molar-refractivity contribution is 7.99. The van der Waals surface area contributed by atoms with Crippen LogP contribution in [0.4, 0.5) is 0 Å². The van der Waals surface area contributed by atoms with Crippen LogP contribution in [0.5, 0.6) is 0 Å². The molecule has 4 aromatic rings. The number of hydrogen-bond acceptors (Lipinski definition) is 5. The lowest BCUT2D eigenvalue weighted by Crippen LogP contribution is -2.34. The van der Waals surface area contributed by atoms with Gasteiger partial charge in [-0.05, 0) is 29.7 Å². The number of nitrogens with zero attached hydrogens (tertiary/aromatic N) is 1. The first-order chi connectivity index (χ1) is 13.3. The van der Waals surface area contributed by atoms with Gasteiger partial charge in [0.25, 0.3) is 5.52 Å². The molecular formula is C21H12NO4S+. The predicted octanol–water partition coefficient (Wildman–Crippen LogP) is 4.03. The number of para-hydroxylation sites is 1. The van der Waals surface area contributed by atoms with E-state index in [1.165, 1.54) is 0 Å². The fourth-order valence-electron chi connectivity index (χ4n) is 2.90. The predicted molar refractivity (Wildman–Crippen MR) is 103 cm³/mol. The van der Waals surface area contributed by atoms with Crippen molar-refractivity contribution in [2.45, 2.75) is 13.5 Å². The highest BCUT2D eigenvalue weighted by Gasteiger charge is 2.20. The van der Waals surface area contributed by atoms with Gasteiger partial charge in [0.15, 0.2) is 0 Å². The Morgan fingerprint density at radius 3 is 2.74 bits per heavy atom. The van der Waals surface area contributed by atoms with Gasteiger partial charge < -0.3 is 8.83 Å². The molecule has 0 aliphatic carbocycles. The van der Waals surface area contributed by atoms with E-state index >= 15 is 0 Å². The number of benzene rings is 2. The maximum absolute atomic E-state index is 8.10. The lowest BCUT2D eigenvalue weighted by molar-refractivity contribution is -0.670. The SMILES string of the molecule is Cc1oc2cc3oc4ccccc4c3cc2[n+]1CC#CC#CC#CSOO. The number of oxazole rings is 1. The smallest absolute Gasteiger partial charge is 0.345 e. The van der Waals surface area contributed by atoms with Crippen LogP contribution in [0.2, 0.25) is 0 Å². The van der Waals surface area contributed by atoms with Crippen molar-refractivity contribution >= 4 is 45.1 Å². The molecule has 0 fully saturated rings. The van der Waals surface area contributed by atoms with Gasteiger partial charge in [-0.25, -0.2) is 5.26 Å². The normalized spacial score (nSPS) is 10.1. The van der Waals surface area contributed by atoms with Crippen LogP contribution in [-0.4, -0.2) is 5.26 Å². The molecular weight excluding hydrogens is 362 g/mol. The first kappa shape index (κ1) is 17.1.